The van der Waals surface area contributed by atoms with E-state index in [1.54, 1.807) is 0 Å². The van der Waals surface area contributed by atoms with E-state index in [1.165, 1.54) is 0 Å². The van der Waals surface area contributed by atoms with Crippen LogP contribution in [0.4, 0.5) is 0 Å². The van der Waals surface area contributed by atoms with Crippen molar-refractivity contribution in [2.45, 2.75) is 19.4 Å². The number of thioether (sulfide) groups is 1. The van der Waals surface area contributed by atoms with E-state index >= 15 is 0 Å². The van der Waals surface area contributed by atoms with Gasteiger partial charge in [0, 0.05) is 6.04 Å². The second kappa shape index (κ2) is 6.75. The van der Waals surface area contributed by atoms with Gasteiger partial charge in [-0.15, -0.1) is 0 Å². The van der Waals surface area contributed by atoms with Crippen LogP contribution < -0.4 is 10.5 Å². The van der Waals surface area contributed by atoms with Crippen LogP contribution in [0.25, 0.3) is 0 Å². The standard InChI is InChI=1S/C12H19NOS/c1-10(13)11-4-6-12(7-5-11)14-8-3-9-15-2/h4-7,10H,3,8-9,13H2,1-2H3/t10-/m0/s1. The Labute approximate surface area is 96.2 Å². The molecule has 1 atom stereocenters. The predicted octanol–water partition coefficient (Wildman–Crippen LogP) is 2.84. The Bertz CT molecular complexity index is 271. The highest BCUT2D eigenvalue weighted by atomic mass is 32.2. The zero-order chi connectivity index (χ0) is 11.1. The van der Waals surface area contributed by atoms with Crippen LogP contribution in [0.15, 0.2) is 24.3 Å². The van der Waals surface area contributed by atoms with Gasteiger partial charge in [0.25, 0.3) is 0 Å². The summed E-state index contributed by atoms with van der Waals surface area (Å²) in [5.74, 6) is 2.08. The largest absolute Gasteiger partial charge is 0.494 e. The molecule has 1 rings (SSSR count). The van der Waals surface area contributed by atoms with Gasteiger partial charge in [-0.05, 0) is 43.0 Å². The molecule has 0 amide bonds. The maximum Gasteiger partial charge on any atom is 0.119 e. The van der Waals surface area contributed by atoms with Crippen molar-refractivity contribution in [3.63, 3.8) is 0 Å². The minimum atomic E-state index is 0.0931. The second-order valence-electron chi connectivity index (χ2n) is 3.55. The Hall–Kier alpha value is -0.670. The van der Waals surface area contributed by atoms with E-state index < -0.39 is 0 Å². The molecule has 0 aliphatic heterocycles. The average Bonchev–Trinajstić information content (AvgIpc) is 2.25. The summed E-state index contributed by atoms with van der Waals surface area (Å²) in [7, 11) is 0. The third kappa shape index (κ3) is 4.58. The summed E-state index contributed by atoms with van der Waals surface area (Å²) in [6.45, 7) is 2.77. The predicted molar refractivity (Wildman–Crippen MR) is 67.5 cm³/mol. The number of benzene rings is 1. The van der Waals surface area contributed by atoms with Crippen LogP contribution in [0.5, 0.6) is 5.75 Å². The van der Waals surface area contributed by atoms with Crippen LogP contribution >= 0.6 is 11.8 Å². The normalized spacial score (nSPS) is 12.5. The first kappa shape index (κ1) is 12.4. The highest BCUT2D eigenvalue weighted by molar-refractivity contribution is 7.98. The lowest BCUT2D eigenvalue weighted by molar-refractivity contribution is 0.318. The van der Waals surface area contributed by atoms with Crippen LogP contribution in [-0.2, 0) is 0 Å². The fourth-order valence-corrected chi connectivity index (χ4v) is 1.67. The summed E-state index contributed by atoms with van der Waals surface area (Å²) in [4.78, 5) is 0. The Morgan fingerprint density at radius 1 is 1.33 bits per heavy atom. The third-order valence-electron chi connectivity index (χ3n) is 2.17. The van der Waals surface area contributed by atoms with E-state index in [1.807, 2.05) is 43.0 Å². The van der Waals surface area contributed by atoms with E-state index in [0.29, 0.717) is 0 Å². The summed E-state index contributed by atoms with van der Waals surface area (Å²) >= 11 is 1.85. The summed E-state index contributed by atoms with van der Waals surface area (Å²) in [5, 5.41) is 0. The topological polar surface area (TPSA) is 35.2 Å². The maximum atomic E-state index is 5.76. The molecule has 84 valence electrons. The zero-order valence-corrected chi connectivity index (χ0v) is 10.2. The Kier molecular flexibility index (Phi) is 5.58. The van der Waals surface area contributed by atoms with Gasteiger partial charge in [0.1, 0.15) is 5.75 Å². The Balaban J connectivity index is 2.36. The first-order valence-corrected chi connectivity index (χ1v) is 6.60. The molecule has 1 aromatic carbocycles. The number of hydrogen-bond donors (Lipinski definition) is 1. The molecular formula is C12H19NOS. The van der Waals surface area contributed by atoms with Gasteiger partial charge in [-0.25, -0.2) is 0 Å². The van der Waals surface area contributed by atoms with Crippen molar-refractivity contribution in [3.8, 4) is 5.75 Å². The van der Waals surface area contributed by atoms with Gasteiger partial charge < -0.3 is 10.5 Å². The molecule has 1 aromatic rings. The molecule has 0 aliphatic rings. The first-order chi connectivity index (χ1) is 7.24. The summed E-state index contributed by atoms with van der Waals surface area (Å²) in [6, 6.07) is 8.11. The van der Waals surface area contributed by atoms with Crippen LogP contribution in [0.1, 0.15) is 24.9 Å². The zero-order valence-electron chi connectivity index (χ0n) is 9.40. The van der Waals surface area contributed by atoms with Gasteiger partial charge in [-0.2, -0.15) is 11.8 Å². The van der Waals surface area contributed by atoms with Crippen LogP contribution in [-0.4, -0.2) is 18.6 Å². The van der Waals surface area contributed by atoms with Crippen molar-refractivity contribution in [3.05, 3.63) is 29.8 Å². The monoisotopic (exact) mass is 225 g/mol. The minimum absolute atomic E-state index is 0.0931. The van der Waals surface area contributed by atoms with Crippen molar-refractivity contribution in [2.75, 3.05) is 18.6 Å². The van der Waals surface area contributed by atoms with Crippen molar-refractivity contribution in [2.24, 2.45) is 5.73 Å². The molecule has 0 saturated heterocycles. The van der Waals surface area contributed by atoms with Gasteiger partial charge in [-0.3, -0.25) is 0 Å². The van der Waals surface area contributed by atoms with Crippen molar-refractivity contribution in [1.29, 1.82) is 0 Å². The summed E-state index contributed by atoms with van der Waals surface area (Å²) < 4.78 is 5.59. The van der Waals surface area contributed by atoms with E-state index in [-0.39, 0.29) is 6.04 Å². The van der Waals surface area contributed by atoms with Gasteiger partial charge in [-0.1, -0.05) is 12.1 Å². The van der Waals surface area contributed by atoms with Crippen LogP contribution in [0, 0.1) is 0 Å². The molecule has 0 spiro atoms. The van der Waals surface area contributed by atoms with Crippen molar-refractivity contribution in [1.82, 2.24) is 0 Å². The number of hydrogen-bond acceptors (Lipinski definition) is 3. The Morgan fingerprint density at radius 3 is 2.53 bits per heavy atom. The van der Waals surface area contributed by atoms with Gasteiger partial charge >= 0.3 is 0 Å². The van der Waals surface area contributed by atoms with Crippen molar-refractivity contribution >= 4 is 11.8 Å². The molecule has 0 heterocycles. The Morgan fingerprint density at radius 2 is 2.00 bits per heavy atom. The van der Waals surface area contributed by atoms with E-state index in [9.17, 15) is 0 Å². The van der Waals surface area contributed by atoms with E-state index in [2.05, 4.69) is 6.26 Å². The lowest BCUT2D eigenvalue weighted by Crippen LogP contribution is -2.04. The summed E-state index contributed by atoms with van der Waals surface area (Å²) in [6.07, 6.45) is 3.20. The average molecular weight is 225 g/mol. The molecular weight excluding hydrogens is 206 g/mol. The number of ether oxygens (including phenoxy) is 1. The quantitative estimate of drug-likeness (QED) is 0.756. The lowest BCUT2D eigenvalue weighted by atomic mass is 10.1. The van der Waals surface area contributed by atoms with E-state index in [0.717, 1.165) is 30.1 Å². The molecule has 0 bridgehead atoms. The molecule has 0 aliphatic carbocycles. The lowest BCUT2D eigenvalue weighted by Gasteiger charge is -2.08. The van der Waals surface area contributed by atoms with Crippen LogP contribution in [0.2, 0.25) is 0 Å². The number of nitrogens with two attached hydrogens (primary N) is 1. The first-order valence-electron chi connectivity index (χ1n) is 5.21. The number of rotatable bonds is 6. The smallest absolute Gasteiger partial charge is 0.119 e. The van der Waals surface area contributed by atoms with E-state index in [4.69, 9.17) is 10.5 Å². The molecule has 0 aromatic heterocycles. The highest BCUT2D eigenvalue weighted by Crippen LogP contribution is 2.16. The molecule has 0 unspecified atom stereocenters. The molecule has 2 nitrogen and oxygen atoms in total. The fraction of sp³-hybridized carbons (Fsp3) is 0.500. The molecule has 2 N–H and O–H groups in total. The molecule has 0 radical (unpaired) electrons. The fourth-order valence-electron chi connectivity index (χ4n) is 1.26. The SMILES string of the molecule is CSCCCOc1ccc([C@H](C)N)cc1. The third-order valence-corrected chi connectivity index (χ3v) is 2.86. The van der Waals surface area contributed by atoms with Gasteiger partial charge in [0.05, 0.1) is 6.61 Å². The molecule has 0 saturated carbocycles. The highest BCUT2D eigenvalue weighted by Gasteiger charge is 1.99. The molecule has 3 heteroatoms. The van der Waals surface area contributed by atoms with Crippen molar-refractivity contribution < 1.29 is 4.74 Å². The van der Waals surface area contributed by atoms with Gasteiger partial charge in [0.2, 0.25) is 0 Å². The molecule has 15 heavy (non-hydrogen) atoms. The minimum Gasteiger partial charge on any atom is -0.494 e. The van der Waals surface area contributed by atoms with Gasteiger partial charge in [0.15, 0.2) is 0 Å². The molecule has 0 fully saturated rings. The maximum absolute atomic E-state index is 5.76. The second-order valence-corrected chi connectivity index (χ2v) is 4.54. The summed E-state index contributed by atoms with van der Waals surface area (Å²) in [5.41, 5.74) is 6.90. The van der Waals surface area contributed by atoms with Crippen LogP contribution in [0.3, 0.4) is 0 Å².